The first-order valence-electron chi connectivity index (χ1n) is 8.74. The van der Waals surface area contributed by atoms with Crippen LogP contribution in [0.2, 0.25) is 0 Å². The van der Waals surface area contributed by atoms with Gasteiger partial charge >= 0.3 is 29.6 Å². The van der Waals surface area contributed by atoms with Crippen molar-refractivity contribution in [3.8, 4) is 0 Å². The molecule has 0 unspecified atom stereocenters. The molecule has 0 radical (unpaired) electrons. The quantitative estimate of drug-likeness (QED) is 0.0906. The van der Waals surface area contributed by atoms with E-state index in [9.17, 15) is 0 Å². The van der Waals surface area contributed by atoms with Crippen molar-refractivity contribution in [2.24, 2.45) is 0 Å². The van der Waals surface area contributed by atoms with Gasteiger partial charge in [0.2, 0.25) is 0 Å². The second-order valence-electron chi connectivity index (χ2n) is 4.43. The third kappa shape index (κ3) is 58.5. The van der Waals surface area contributed by atoms with E-state index < -0.39 is 0 Å². The third-order valence-corrected chi connectivity index (χ3v) is 2.63. The van der Waals surface area contributed by atoms with Crippen LogP contribution in [0.15, 0.2) is 25.3 Å². The molecule has 3 N–H and O–H groups in total. The Morgan fingerprint density at radius 3 is 1.14 bits per heavy atom. The summed E-state index contributed by atoms with van der Waals surface area (Å²) in [7, 11) is 0. The Kier molecular flexibility index (Phi) is 64.5. The number of aliphatic hydroxyl groups excluding tert-OH is 3. The molecule has 0 heterocycles. The molecule has 29 heavy (non-hydrogen) atoms. The predicted molar refractivity (Wildman–Crippen MR) is 117 cm³/mol. The van der Waals surface area contributed by atoms with Crippen LogP contribution in [0, 0.1) is 0 Å². The molecule has 0 fully saturated rings. The Labute approximate surface area is 209 Å². The second kappa shape index (κ2) is 46.7. The van der Waals surface area contributed by atoms with E-state index in [2.05, 4.69) is 29.1 Å². The maximum Gasteiger partial charge on any atom is 1.00 e. The molecule has 0 spiro atoms. The molecule has 0 aliphatic rings. The zero-order valence-electron chi connectivity index (χ0n) is 18.2. The van der Waals surface area contributed by atoms with Crippen molar-refractivity contribution in [2.75, 3.05) is 91.2 Å². The Morgan fingerprint density at radius 1 is 0.621 bits per heavy atom. The topological polar surface area (TPSA) is 107 Å². The van der Waals surface area contributed by atoms with Gasteiger partial charge in [0.25, 0.3) is 0 Å². The molecule has 0 atom stereocenters. The molecule has 0 aliphatic carbocycles. The fourth-order valence-electron chi connectivity index (χ4n) is 1.12. The van der Waals surface area contributed by atoms with Crippen LogP contribution in [0.4, 0.5) is 0 Å². The molecule has 0 saturated carbocycles. The van der Waals surface area contributed by atoms with Gasteiger partial charge in [-0.2, -0.15) is 0 Å². The van der Waals surface area contributed by atoms with E-state index in [1.807, 2.05) is 0 Å². The average molecular weight is 501 g/mol. The molecule has 0 aliphatic heterocycles. The summed E-state index contributed by atoms with van der Waals surface area (Å²) in [6.45, 7) is 11.8. The molecule has 174 valence electrons. The fourth-order valence-corrected chi connectivity index (χ4v) is 1.12. The Hall–Kier alpha value is 0.640. The van der Waals surface area contributed by atoms with E-state index in [4.69, 9.17) is 39.0 Å². The molecule has 10 heteroatoms. The minimum absolute atomic E-state index is 0. The van der Waals surface area contributed by atoms with Crippen molar-refractivity contribution in [2.45, 2.75) is 7.43 Å². The Bertz CT molecular complexity index is 261. The van der Waals surface area contributed by atoms with Gasteiger partial charge in [0, 0.05) is 5.33 Å². The van der Waals surface area contributed by atoms with Gasteiger partial charge in [-0.1, -0.05) is 35.5 Å². The minimum Gasteiger partial charge on any atom is -1.00 e. The van der Waals surface area contributed by atoms with Gasteiger partial charge in [0.05, 0.1) is 85.9 Å². The second-order valence-corrected chi connectivity index (χ2v) is 5.07. The number of hydrogen-bond donors (Lipinski definition) is 3. The summed E-state index contributed by atoms with van der Waals surface area (Å²) in [5.41, 5.74) is 0. The van der Waals surface area contributed by atoms with Crippen LogP contribution >= 0.6 is 15.9 Å². The van der Waals surface area contributed by atoms with Gasteiger partial charge < -0.3 is 40.4 Å². The fraction of sp³-hybridized carbons (Fsp3) is 0.789. The number of halogens is 1. The van der Waals surface area contributed by atoms with Crippen molar-refractivity contribution in [1.29, 1.82) is 0 Å². The van der Waals surface area contributed by atoms with Gasteiger partial charge in [-0.05, 0) is 0 Å². The van der Waals surface area contributed by atoms with E-state index in [0.29, 0.717) is 66.1 Å². The largest absolute Gasteiger partial charge is 1.00 e. The van der Waals surface area contributed by atoms with Crippen LogP contribution in [0.25, 0.3) is 0 Å². The number of ether oxygens (including phenoxy) is 5. The summed E-state index contributed by atoms with van der Waals surface area (Å²) >= 11 is 3.13. The third-order valence-electron chi connectivity index (χ3n) is 2.17. The van der Waals surface area contributed by atoms with Crippen LogP contribution in [0.5, 0.6) is 0 Å². The Balaban J connectivity index is -0.0000000763. The zero-order valence-corrected chi connectivity index (χ0v) is 20.8. The predicted octanol–water partition coefficient (Wildman–Crippen LogP) is -1.46. The van der Waals surface area contributed by atoms with E-state index in [0.717, 1.165) is 5.33 Å². The zero-order chi connectivity index (χ0) is 20.8. The first-order valence-corrected chi connectivity index (χ1v) is 9.86. The standard InChI is InChI=1S/C8H18O5.C7H14O3.C3H5Br.CH4.Na.H/c9-1-3-11-5-7-13-8-6-12-4-2-10;1-2-4-9-6-7-10-5-3-8;1-2-3-4;;;/h9-10H,1-8H2;2,8H,1,3-7H2;2H,1,3H2;1H4;;/q;;;;+1;-1. The van der Waals surface area contributed by atoms with Crippen LogP contribution in [0.3, 0.4) is 0 Å². The summed E-state index contributed by atoms with van der Waals surface area (Å²) in [5.74, 6) is 0. The van der Waals surface area contributed by atoms with Crippen LogP contribution < -0.4 is 29.6 Å². The maximum atomic E-state index is 8.36. The van der Waals surface area contributed by atoms with Crippen molar-refractivity contribution >= 4 is 15.9 Å². The van der Waals surface area contributed by atoms with E-state index in [1.165, 1.54) is 0 Å². The minimum atomic E-state index is 0. The van der Waals surface area contributed by atoms with E-state index in [-0.39, 0.29) is 58.2 Å². The number of aliphatic hydroxyl groups is 3. The van der Waals surface area contributed by atoms with Crippen molar-refractivity contribution in [3.63, 3.8) is 0 Å². The summed E-state index contributed by atoms with van der Waals surface area (Å²) in [6, 6.07) is 0. The molecule has 0 bridgehead atoms. The van der Waals surface area contributed by atoms with Crippen molar-refractivity contribution < 1.29 is 70.0 Å². The summed E-state index contributed by atoms with van der Waals surface area (Å²) in [6.07, 6.45) is 3.48. The smallest absolute Gasteiger partial charge is 1.00 e. The normalized spacial score (nSPS) is 8.97. The van der Waals surface area contributed by atoms with Gasteiger partial charge in [0.1, 0.15) is 0 Å². The number of hydrogen-bond acceptors (Lipinski definition) is 8. The number of allylic oxidation sites excluding steroid dienone is 1. The molecule has 0 amide bonds. The van der Waals surface area contributed by atoms with Crippen molar-refractivity contribution in [3.05, 3.63) is 25.3 Å². The van der Waals surface area contributed by atoms with Gasteiger partial charge in [-0.15, -0.1) is 13.2 Å². The molecule has 0 rings (SSSR count). The number of alkyl halides is 1. The van der Waals surface area contributed by atoms with Gasteiger partial charge in [-0.3, -0.25) is 0 Å². The molecule has 0 saturated heterocycles. The number of rotatable bonds is 18. The summed E-state index contributed by atoms with van der Waals surface area (Å²) in [5, 5.41) is 25.9. The Morgan fingerprint density at radius 2 is 0.897 bits per heavy atom. The molecular formula is C19H42BrNaO8. The van der Waals surface area contributed by atoms with Gasteiger partial charge in [-0.25, -0.2) is 0 Å². The van der Waals surface area contributed by atoms with Crippen molar-refractivity contribution in [1.82, 2.24) is 0 Å². The molecular weight excluding hydrogens is 459 g/mol. The molecule has 8 nitrogen and oxygen atoms in total. The van der Waals surface area contributed by atoms with Crippen LogP contribution in [0.1, 0.15) is 8.85 Å². The first-order chi connectivity index (χ1) is 13.2. The average Bonchev–Trinajstić information content (AvgIpc) is 2.70. The maximum absolute atomic E-state index is 8.36. The SMILES string of the molecule is C.C=CCBr.C=CCOCCOCCO.OCCOCCOCCOCCO.[H-].[Na+]. The monoisotopic (exact) mass is 500 g/mol. The summed E-state index contributed by atoms with van der Waals surface area (Å²) in [4.78, 5) is 0. The van der Waals surface area contributed by atoms with Gasteiger partial charge in [0.15, 0.2) is 0 Å². The summed E-state index contributed by atoms with van der Waals surface area (Å²) < 4.78 is 24.9. The molecule has 0 aromatic rings. The first kappa shape index (κ1) is 40.0. The van der Waals surface area contributed by atoms with E-state index >= 15 is 0 Å². The molecule has 0 aromatic heterocycles. The molecule has 0 aromatic carbocycles. The van der Waals surface area contributed by atoms with Crippen LogP contribution in [-0.4, -0.2) is 107 Å². The van der Waals surface area contributed by atoms with E-state index in [1.54, 1.807) is 12.2 Å². The van der Waals surface area contributed by atoms with Crippen LogP contribution in [-0.2, 0) is 23.7 Å².